The Kier molecular flexibility index (Phi) is 7.49. The maximum absolute atomic E-state index is 3.47. The fourth-order valence-electron chi connectivity index (χ4n) is 3.36. The van der Waals surface area contributed by atoms with Gasteiger partial charge in [-0.3, -0.25) is 0 Å². The van der Waals surface area contributed by atoms with Crippen molar-refractivity contribution in [2.45, 2.75) is 57.9 Å². The van der Waals surface area contributed by atoms with Crippen LogP contribution in [0.3, 0.4) is 0 Å². The summed E-state index contributed by atoms with van der Waals surface area (Å²) in [6.45, 7) is 7.58. The minimum atomic E-state index is 0. The molecule has 2 heterocycles. The summed E-state index contributed by atoms with van der Waals surface area (Å²) in [5.74, 6) is 0.971. The van der Waals surface area contributed by atoms with Gasteiger partial charge < -0.3 is 10.2 Å². The molecule has 0 spiro atoms. The smallest absolute Gasteiger partial charge is 0.00952 e. The minimum Gasteiger partial charge on any atom is -0.317 e. The van der Waals surface area contributed by atoms with Crippen LogP contribution >= 0.6 is 12.4 Å². The number of nitrogens with zero attached hydrogens (tertiary/aromatic N) is 1. The van der Waals surface area contributed by atoms with Gasteiger partial charge in [-0.1, -0.05) is 19.8 Å². The second-order valence-electron chi connectivity index (χ2n) is 5.63. The van der Waals surface area contributed by atoms with Crippen molar-refractivity contribution in [1.82, 2.24) is 10.2 Å². The van der Waals surface area contributed by atoms with Crippen LogP contribution in [-0.2, 0) is 0 Å². The normalized spacial score (nSPS) is 27.7. The topological polar surface area (TPSA) is 15.3 Å². The third-order valence-corrected chi connectivity index (χ3v) is 4.32. The van der Waals surface area contributed by atoms with E-state index < -0.39 is 0 Å². The van der Waals surface area contributed by atoms with Crippen molar-refractivity contribution < 1.29 is 0 Å². The standard InChI is InChI=1S/C14H28N2.ClH/c1-2-5-14-6-3-4-11-16(14)12-13-7-9-15-10-8-13;/h13-15H,2-12H2,1H3;1H. The van der Waals surface area contributed by atoms with E-state index in [9.17, 15) is 0 Å². The Morgan fingerprint density at radius 2 is 1.88 bits per heavy atom. The van der Waals surface area contributed by atoms with Gasteiger partial charge in [-0.05, 0) is 57.7 Å². The first kappa shape index (κ1) is 15.3. The monoisotopic (exact) mass is 260 g/mol. The van der Waals surface area contributed by atoms with Gasteiger partial charge in [-0.25, -0.2) is 0 Å². The van der Waals surface area contributed by atoms with Crippen LogP contribution in [0.2, 0.25) is 0 Å². The lowest BCUT2D eigenvalue weighted by Gasteiger charge is -2.39. The maximum atomic E-state index is 3.47. The van der Waals surface area contributed by atoms with Crippen LogP contribution in [0.25, 0.3) is 0 Å². The lowest BCUT2D eigenvalue weighted by Crippen LogP contribution is -2.44. The Morgan fingerprint density at radius 3 is 2.59 bits per heavy atom. The van der Waals surface area contributed by atoms with Gasteiger partial charge in [0.05, 0.1) is 0 Å². The van der Waals surface area contributed by atoms with Gasteiger partial charge in [0.2, 0.25) is 0 Å². The SMILES string of the molecule is CCCC1CCCCN1CC1CCNCC1.Cl. The fraction of sp³-hybridized carbons (Fsp3) is 1.00. The highest BCUT2D eigenvalue weighted by molar-refractivity contribution is 5.85. The van der Waals surface area contributed by atoms with E-state index in [1.807, 2.05) is 0 Å². The van der Waals surface area contributed by atoms with Crippen LogP contribution in [0.15, 0.2) is 0 Å². The minimum absolute atomic E-state index is 0. The van der Waals surface area contributed by atoms with Crippen LogP contribution in [0.1, 0.15) is 51.9 Å². The maximum Gasteiger partial charge on any atom is 0.00952 e. The molecule has 2 saturated heterocycles. The summed E-state index contributed by atoms with van der Waals surface area (Å²) >= 11 is 0. The van der Waals surface area contributed by atoms with Gasteiger partial charge in [-0.2, -0.15) is 0 Å². The number of nitrogens with one attached hydrogen (secondary N) is 1. The van der Waals surface area contributed by atoms with E-state index in [1.165, 1.54) is 71.1 Å². The number of piperidine rings is 2. The predicted octanol–water partition coefficient (Wildman–Crippen LogP) is 3.06. The zero-order valence-corrected chi connectivity index (χ0v) is 12.1. The van der Waals surface area contributed by atoms with Gasteiger partial charge in [0.25, 0.3) is 0 Å². The average Bonchev–Trinajstić information content (AvgIpc) is 2.33. The van der Waals surface area contributed by atoms with Crippen molar-refractivity contribution in [2.24, 2.45) is 5.92 Å². The van der Waals surface area contributed by atoms with Gasteiger partial charge in [0.15, 0.2) is 0 Å². The van der Waals surface area contributed by atoms with E-state index in [-0.39, 0.29) is 12.4 Å². The van der Waals surface area contributed by atoms with Crippen LogP contribution < -0.4 is 5.32 Å². The van der Waals surface area contributed by atoms with Crippen LogP contribution in [-0.4, -0.2) is 37.1 Å². The second kappa shape index (κ2) is 8.34. The average molecular weight is 261 g/mol. The molecule has 0 aromatic heterocycles. The number of hydrogen-bond acceptors (Lipinski definition) is 2. The van der Waals surface area contributed by atoms with Crippen molar-refractivity contribution in [2.75, 3.05) is 26.2 Å². The molecule has 1 atom stereocenters. The quantitative estimate of drug-likeness (QED) is 0.836. The molecule has 2 fully saturated rings. The molecule has 0 radical (unpaired) electrons. The van der Waals surface area contributed by atoms with Crippen molar-refractivity contribution in [3.63, 3.8) is 0 Å². The van der Waals surface area contributed by atoms with Gasteiger partial charge in [0, 0.05) is 12.6 Å². The summed E-state index contributed by atoms with van der Waals surface area (Å²) in [4.78, 5) is 2.81. The zero-order chi connectivity index (χ0) is 11.2. The van der Waals surface area contributed by atoms with E-state index in [4.69, 9.17) is 0 Å². The number of halogens is 1. The van der Waals surface area contributed by atoms with Crippen LogP contribution in [0, 0.1) is 5.92 Å². The molecule has 1 N–H and O–H groups in total. The highest BCUT2D eigenvalue weighted by Gasteiger charge is 2.24. The van der Waals surface area contributed by atoms with E-state index in [0.29, 0.717) is 0 Å². The Bertz CT molecular complexity index is 191. The van der Waals surface area contributed by atoms with Crippen molar-refractivity contribution >= 4 is 12.4 Å². The molecule has 2 aliphatic heterocycles. The Morgan fingerprint density at radius 1 is 1.12 bits per heavy atom. The summed E-state index contributed by atoms with van der Waals surface area (Å²) in [7, 11) is 0. The molecule has 0 bridgehead atoms. The Hall–Kier alpha value is 0.210. The summed E-state index contributed by atoms with van der Waals surface area (Å²) < 4.78 is 0. The first-order valence-corrected chi connectivity index (χ1v) is 7.35. The van der Waals surface area contributed by atoms with Crippen LogP contribution in [0.5, 0.6) is 0 Å². The molecule has 2 nitrogen and oxygen atoms in total. The van der Waals surface area contributed by atoms with E-state index in [0.717, 1.165) is 12.0 Å². The van der Waals surface area contributed by atoms with E-state index >= 15 is 0 Å². The molecule has 0 aromatic rings. The van der Waals surface area contributed by atoms with E-state index in [1.54, 1.807) is 0 Å². The molecule has 17 heavy (non-hydrogen) atoms. The summed E-state index contributed by atoms with van der Waals surface area (Å²) in [6, 6.07) is 0.911. The third-order valence-electron chi connectivity index (χ3n) is 4.32. The third kappa shape index (κ3) is 4.76. The number of hydrogen-bond donors (Lipinski definition) is 1. The molecule has 3 heteroatoms. The lowest BCUT2D eigenvalue weighted by atomic mass is 9.93. The zero-order valence-electron chi connectivity index (χ0n) is 11.3. The largest absolute Gasteiger partial charge is 0.317 e. The molecule has 102 valence electrons. The summed E-state index contributed by atoms with van der Waals surface area (Å²) in [5, 5.41) is 3.47. The highest BCUT2D eigenvalue weighted by atomic mass is 35.5. The molecule has 0 aliphatic carbocycles. The van der Waals surface area contributed by atoms with Gasteiger partial charge in [-0.15, -0.1) is 12.4 Å². The fourth-order valence-corrected chi connectivity index (χ4v) is 3.36. The molecule has 0 aromatic carbocycles. The van der Waals surface area contributed by atoms with Crippen LogP contribution in [0.4, 0.5) is 0 Å². The van der Waals surface area contributed by atoms with Crippen molar-refractivity contribution in [3.8, 4) is 0 Å². The van der Waals surface area contributed by atoms with Crippen molar-refractivity contribution in [3.05, 3.63) is 0 Å². The first-order valence-electron chi connectivity index (χ1n) is 7.35. The molecule has 0 saturated carbocycles. The Labute approximate surface area is 113 Å². The highest BCUT2D eigenvalue weighted by Crippen LogP contribution is 2.24. The molecule has 2 rings (SSSR count). The molecular formula is C14H29ClN2. The summed E-state index contributed by atoms with van der Waals surface area (Å²) in [5.41, 5.74) is 0. The van der Waals surface area contributed by atoms with Crippen molar-refractivity contribution in [1.29, 1.82) is 0 Å². The molecule has 0 amide bonds. The molecular weight excluding hydrogens is 232 g/mol. The molecule has 2 aliphatic rings. The Balaban J connectivity index is 0.00000144. The molecule has 1 unspecified atom stereocenters. The number of likely N-dealkylation sites (tertiary alicyclic amines) is 1. The van der Waals surface area contributed by atoms with E-state index in [2.05, 4.69) is 17.1 Å². The van der Waals surface area contributed by atoms with Gasteiger partial charge in [0.1, 0.15) is 0 Å². The first-order chi connectivity index (χ1) is 7.90. The predicted molar refractivity (Wildman–Crippen MR) is 77.0 cm³/mol. The second-order valence-corrected chi connectivity index (χ2v) is 5.63. The van der Waals surface area contributed by atoms with Gasteiger partial charge >= 0.3 is 0 Å². The lowest BCUT2D eigenvalue weighted by molar-refractivity contribution is 0.109. The summed E-state index contributed by atoms with van der Waals surface area (Å²) in [6.07, 6.45) is 9.93. The number of rotatable bonds is 4.